The normalized spacial score (nSPS) is 19.6. The highest BCUT2D eigenvalue weighted by Gasteiger charge is 2.34. The molecular formula is C15H23N3O3. The molecule has 0 aromatic carbocycles. The van der Waals surface area contributed by atoms with E-state index < -0.39 is 12.0 Å². The molecule has 2 heterocycles. The molecule has 0 spiro atoms. The van der Waals surface area contributed by atoms with Gasteiger partial charge in [-0.15, -0.1) is 0 Å². The van der Waals surface area contributed by atoms with E-state index in [1.54, 1.807) is 10.9 Å². The Morgan fingerprint density at radius 2 is 2.00 bits per heavy atom. The third-order valence-electron chi connectivity index (χ3n) is 3.92. The number of aliphatic carboxylic acids is 1. The summed E-state index contributed by atoms with van der Waals surface area (Å²) in [5.74, 6) is -1.15. The van der Waals surface area contributed by atoms with Crippen molar-refractivity contribution < 1.29 is 14.7 Å². The molecule has 0 bridgehead atoms. The molecule has 1 saturated heterocycles. The van der Waals surface area contributed by atoms with Crippen LogP contribution in [0, 0.1) is 6.92 Å². The maximum Gasteiger partial charge on any atom is 0.326 e. The largest absolute Gasteiger partial charge is 0.480 e. The van der Waals surface area contributed by atoms with Crippen molar-refractivity contribution in [3.63, 3.8) is 0 Å². The van der Waals surface area contributed by atoms with Gasteiger partial charge in [-0.3, -0.25) is 9.48 Å². The topological polar surface area (TPSA) is 75.4 Å². The number of likely N-dealkylation sites (tertiary alicyclic amines) is 1. The summed E-state index contributed by atoms with van der Waals surface area (Å²) in [6.07, 6.45) is 3.77. The molecule has 1 atom stereocenters. The molecule has 116 valence electrons. The summed E-state index contributed by atoms with van der Waals surface area (Å²) in [4.78, 5) is 25.5. The highest BCUT2D eigenvalue weighted by Crippen LogP contribution is 2.23. The fourth-order valence-corrected chi connectivity index (χ4v) is 2.88. The predicted octanol–water partition coefficient (Wildman–Crippen LogP) is 2.03. The van der Waals surface area contributed by atoms with E-state index >= 15 is 0 Å². The van der Waals surface area contributed by atoms with Crippen molar-refractivity contribution in [2.24, 2.45) is 0 Å². The summed E-state index contributed by atoms with van der Waals surface area (Å²) >= 11 is 0. The van der Waals surface area contributed by atoms with Crippen LogP contribution in [0.2, 0.25) is 0 Å². The molecule has 6 nitrogen and oxygen atoms in total. The van der Waals surface area contributed by atoms with Crippen LogP contribution < -0.4 is 0 Å². The highest BCUT2D eigenvalue weighted by atomic mass is 16.4. The van der Waals surface area contributed by atoms with Gasteiger partial charge in [0.25, 0.3) is 5.91 Å². The molecule has 6 heteroatoms. The molecule has 1 N–H and O–H groups in total. The maximum absolute atomic E-state index is 12.7. The van der Waals surface area contributed by atoms with Gasteiger partial charge >= 0.3 is 5.97 Å². The van der Waals surface area contributed by atoms with E-state index in [9.17, 15) is 14.7 Å². The van der Waals surface area contributed by atoms with Crippen molar-refractivity contribution in [3.05, 3.63) is 17.5 Å². The fourth-order valence-electron chi connectivity index (χ4n) is 2.88. The second-order valence-electron chi connectivity index (χ2n) is 6.57. The third kappa shape index (κ3) is 2.94. The minimum absolute atomic E-state index is 0.212. The Labute approximate surface area is 124 Å². The van der Waals surface area contributed by atoms with Gasteiger partial charge in [0.2, 0.25) is 0 Å². The minimum atomic E-state index is -0.927. The van der Waals surface area contributed by atoms with E-state index in [2.05, 4.69) is 5.10 Å². The lowest BCUT2D eigenvalue weighted by atomic mass is 10.0. The van der Waals surface area contributed by atoms with Gasteiger partial charge in [0, 0.05) is 12.2 Å². The number of carbonyl (C=O) groups excluding carboxylic acids is 1. The maximum atomic E-state index is 12.7. The fraction of sp³-hybridized carbons (Fsp3) is 0.667. The van der Waals surface area contributed by atoms with Gasteiger partial charge in [-0.05, 0) is 47.0 Å². The average molecular weight is 293 g/mol. The van der Waals surface area contributed by atoms with Crippen molar-refractivity contribution in [2.75, 3.05) is 6.54 Å². The van der Waals surface area contributed by atoms with Crippen LogP contribution >= 0.6 is 0 Å². The van der Waals surface area contributed by atoms with Crippen LogP contribution in [0.15, 0.2) is 6.20 Å². The van der Waals surface area contributed by atoms with Gasteiger partial charge in [0.1, 0.15) is 6.04 Å². The number of piperidine rings is 1. The van der Waals surface area contributed by atoms with Gasteiger partial charge in [0.05, 0.1) is 17.3 Å². The number of nitrogens with zero attached hydrogens (tertiary/aromatic N) is 3. The molecular weight excluding hydrogens is 270 g/mol. The smallest absolute Gasteiger partial charge is 0.326 e. The molecule has 0 aliphatic carbocycles. The van der Waals surface area contributed by atoms with Crippen molar-refractivity contribution in [1.82, 2.24) is 14.7 Å². The van der Waals surface area contributed by atoms with Gasteiger partial charge in [0.15, 0.2) is 0 Å². The summed E-state index contributed by atoms with van der Waals surface area (Å²) in [6.45, 7) is 8.40. The average Bonchev–Trinajstić information content (AvgIpc) is 2.79. The first-order valence-electron chi connectivity index (χ1n) is 7.32. The molecule has 0 unspecified atom stereocenters. The molecule has 21 heavy (non-hydrogen) atoms. The lowest BCUT2D eigenvalue weighted by molar-refractivity contribution is -0.143. The van der Waals surface area contributed by atoms with E-state index in [1.807, 2.05) is 27.7 Å². The number of carboxylic acids is 1. The summed E-state index contributed by atoms with van der Waals surface area (Å²) in [5, 5.41) is 13.6. The van der Waals surface area contributed by atoms with Crippen LogP contribution in [-0.4, -0.2) is 44.3 Å². The summed E-state index contributed by atoms with van der Waals surface area (Å²) < 4.78 is 1.81. The van der Waals surface area contributed by atoms with Crippen LogP contribution in [0.25, 0.3) is 0 Å². The van der Waals surface area contributed by atoms with E-state index in [-0.39, 0.29) is 11.4 Å². The van der Waals surface area contributed by atoms with Crippen LogP contribution in [0.4, 0.5) is 0 Å². The zero-order valence-corrected chi connectivity index (χ0v) is 13.1. The van der Waals surface area contributed by atoms with Crippen LogP contribution in [0.3, 0.4) is 0 Å². The summed E-state index contributed by atoms with van der Waals surface area (Å²) in [6, 6.07) is -0.719. The molecule has 1 aliphatic rings. The molecule has 1 amide bonds. The number of hydrogen-bond donors (Lipinski definition) is 1. The van der Waals surface area contributed by atoms with Gasteiger partial charge in [-0.2, -0.15) is 5.10 Å². The zero-order chi connectivity index (χ0) is 15.8. The predicted molar refractivity (Wildman–Crippen MR) is 78.3 cm³/mol. The lowest BCUT2D eigenvalue weighted by Crippen LogP contribution is -2.48. The monoisotopic (exact) mass is 293 g/mol. The SMILES string of the molecule is Cc1c(C(=O)N2CCCC[C@H]2C(=O)O)cnn1C(C)(C)C. The van der Waals surface area contributed by atoms with Crippen molar-refractivity contribution >= 4 is 11.9 Å². The lowest BCUT2D eigenvalue weighted by Gasteiger charge is -2.33. The standard InChI is InChI=1S/C15H23N3O3/c1-10-11(9-16-18(10)15(2,3)4)13(19)17-8-6-5-7-12(17)14(20)21/h9,12H,5-8H2,1-4H3,(H,20,21)/t12-/m0/s1. The first kappa shape index (κ1) is 15.5. The van der Waals surface area contributed by atoms with Gasteiger partial charge in [-0.25, -0.2) is 4.79 Å². The van der Waals surface area contributed by atoms with E-state index in [0.29, 0.717) is 18.5 Å². The quantitative estimate of drug-likeness (QED) is 0.905. The number of carbonyl (C=O) groups is 2. The summed E-state index contributed by atoms with van der Waals surface area (Å²) in [5.41, 5.74) is 1.07. The minimum Gasteiger partial charge on any atom is -0.480 e. The third-order valence-corrected chi connectivity index (χ3v) is 3.92. The number of rotatable bonds is 2. The van der Waals surface area contributed by atoms with Crippen LogP contribution in [0.5, 0.6) is 0 Å². The number of hydrogen-bond acceptors (Lipinski definition) is 3. The van der Waals surface area contributed by atoms with Crippen molar-refractivity contribution in [1.29, 1.82) is 0 Å². The second-order valence-corrected chi connectivity index (χ2v) is 6.57. The second kappa shape index (κ2) is 5.50. The Hall–Kier alpha value is -1.85. The number of aromatic nitrogens is 2. The molecule has 2 rings (SSSR count). The molecule has 0 radical (unpaired) electrons. The van der Waals surface area contributed by atoms with Crippen LogP contribution in [-0.2, 0) is 10.3 Å². The Kier molecular flexibility index (Phi) is 4.07. The molecule has 1 aromatic heterocycles. The Bertz CT molecular complexity index is 557. The van der Waals surface area contributed by atoms with Crippen LogP contribution in [0.1, 0.15) is 56.1 Å². The zero-order valence-electron chi connectivity index (χ0n) is 13.1. The van der Waals surface area contributed by atoms with E-state index in [0.717, 1.165) is 18.5 Å². The van der Waals surface area contributed by atoms with E-state index in [4.69, 9.17) is 0 Å². The van der Waals surface area contributed by atoms with E-state index in [1.165, 1.54) is 4.90 Å². The molecule has 0 saturated carbocycles. The summed E-state index contributed by atoms with van der Waals surface area (Å²) in [7, 11) is 0. The Balaban J connectivity index is 2.31. The Morgan fingerprint density at radius 3 is 2.52 bits per heavy atom. The van der Waals surface area contributed by atoms with Crippen molar-refractivity contribution in [3.8, 4) is 0 Å². The first-order chi connectivity index (χ1) is 9.73. The van der Waals surface area contributed by atoms with Crippen molar-refractivity contribution in [2.45, 2.75) is 58.5 Å². The number of amides is 1. The highest BCUT2D eigenvalue weighted by molar-refractivity contribution is 5.97. The van der Waals surface area contributed by atoms with Gasteiger partial charge in [-0.1, -0.05) is 0 Å². The molecule has 1 aromatic rings. The Morgan fingerprint density at radius 1 is 1.33 bits per heavy atom. The number of carboxylic acid groups (broad SMARTS) is 1. The molecule has 1 fully saturated rings. The first-order valence-corrected chi connectivity index (χ1v) is 7.32. The molecule has 1 aliphatic heterocycles. The van der Waals surface area contributed by atoms with Gasteiger partial charge < -0.3 is 10.0 Å².